The van der Waals surface area contributed by atoms with Gasteiger partial charge >= 0.3 is 0 Å². The van der Waals surface area contributed by atoms with Crippen molar-refractivity contribution < 1.29 is 4.39 Å². The smallest absolute Gasteiger partial charge is 0.177 e. The predicted octanol–water partition coefficient (Wildman–Crippen LogP) is 3.37. The number of halogens is 1. The van der Waals surface area contributed by atoms with Gasteiger partial charge in [0.15, 0.2) is 5.65 Å². The van der Waals surface area contributed by atoms with E-state index in [0.29, 0.717) is 12.1 Å². The number of hydrogen-bond donors (Lipinski definition) is 0. The maximum Gasteiger partial charge on any atom is 0.177 e. The number of benzene rings is 1. The summed E-state index contributed by atoms with van der Waals surface area (Å²) in [5.74, 6) is 0.642. The first-order valence-corrected chi connectivity index (χ1v) is 7.85. The van der Waals surface area contributed by atoms with E-state index in [1.807, 2.05) is 24.3 Å². The molecule has 0 saturated carbocycles. The van der Waals surface area contributed by atoms with Crippen LogP contribution >= 0.6 is 0 Å². The Morgan fingerprint density at radius 1 is 1.08 bits per heavy atom. The largest absolute Gasteiger partial charge is 0.327 e. The van der Waals surface area contributed by atoms with Gasteiger partial charge in [-0.15, -0.1) is 0 Å². The van der Waals surface area contributed by atoms with Crippen molar-refractivity contribution in [2.45, 2.75) is 19.9 Å². The lowest BCUT2D eigenvalue weighted by molar-refractivity contribution is 0.624. The second-order valence-corrected chi connectivity index (χ2v) is 5.51. The van der Waals surface area contributed by atoms with Gasteiger partial charge in [0.2, 0.25) is 0 Å². The van der Waals surface area contributed by atoms with E-state index in [4.69, 9.17) is 0 Å². The quantitative estimate of drug-likeness (QED) is 0.579. The summed E-state index contributed by atoms with van der Waals surface area (Å²) in [6.45, 7) is 2.90. The second kappa shape index (κ2) is 5.88. The Labute approximate surface area is 138 Å². The summed E-state index contributed by atoms with van der Waals surface area (Å²) in [6, 6.07) is 12.3. The molecule has 0 aliphatic rings. The van der Waals surface area contributed by atoms with Crippen molar-refractivity contribution in [1.29, 1.82) is 0 Å². The van der Waals surface area contributed by atoms with Crippen molar-refractivity contribution in [2.75, 3.05) is 0 Å². The van der Waals surface area contributed by atoms with Gasteiger partial charge < -0.3 is 4.57 Å². The molecule has 120 valence electrons. The molecule has 0 aliphatic carbocycles. The topological polar surface area (TPSA) is 48.5 Å². The summed E-state index contributed by atoms with van der Waals surface area (Å²) in [5, 5.41) is 4.33. The highest BCUT2D eigenvalue weighted by atomic mass is 19.1. The molecular formula is C18H16FN5. The zero-order chi connectivity index (χ0) is 16.5. The van der Waals surface area contributed by atoms with Crippen LogP contribution in [0, 0.1) is 5.82 Å². The van der Waals surface area contributed by atoms with Crippen LogP contribution < -0.4 is 0 Å². The lowest BCUT2D eigenvalue weighted by Crippen LogP contribution is -2.07. The monoisotopic (exact) mass is 321 g/mol. The van der Waals surface area contributed by atoms with Gasteiger partial charge in [-0.25, -0.2) is 19.0 Å². The first-order chi connectivity index (χ1) is 11.8. The van der Waals surface area contributed by atoms with Crippen LogP contribution in [0.2, 0.25) is 0 Å². The third-order valence-corrected chi connectivity index (χ3v) is 4.03. The molecule has 0 spiro atoms. The fourth-order valence-electron chi connectivity index (χ4n) is 2.96. The van der Waals surface area contributed by atoms with E-state index >= 15 is 0 Å². The number of fused-ring (bicyclic) bond motifs is 1. The number of aromatic nitrogens is 5. The Kier molecular flexibility index (Phi) is 3.57. The Bertz CT molecular complexity index is 1000. The fraction of sp³-hybridized carbons (Fsp3) is 0.167. The Hall–Kier alpha value is -3.02. The summed E-state index contributed by atoms with van der Waals surface area (Å²) in [7, 11) is 0. The molecule has 0 fully saturated rings. The van der Waals surface area contributed by atoms with Crippen molar-refractivity contribution in [3.63, 3.8) is 0 Å². The molecule has 0 bridgehead atoms. The minimum atomic E-state index is -0.279. The molecule has 3 heterocycles. The first kappa shape index (κ1) is 14.6. The summed E-state index contributed by atoms with van der Waals surface area (Å²) in [6.07, 6.45) is 4.06. The summed E-state index contributed by atoms with van der Waals surface area (Å²) < 4.78 is 17.4. The highest BCUT2D eigenvalue weighted by Crippen LogP contribution is 2.19. The van der Waals surface area contributed by atoms with Crippen molar-refractivity contribution >= 4 is 11.2 Å². The normalized spacial score (nSPS) is 11.2. The minimum absolute atomic E-state index is 0.279. The molecule has 0 amide bonds. The maximum atomic E-state index is 13.5. The van der Waals surface area contributed by atoms with Gasteiger partial charge in [0.1, 0.15) is 11.6 Å². The Morgan fingerprint density at radius 2 is 2.00 bits per heavy atom. The summed E-state index contributed by atoms with van der Waals surface area (Å²) in [5.41, 5.74) is 3.41. The molecule has 24 heavy (non-hydrogen) atoms. The lowest BCUT2D eigenvalue weighted by Gasteiger charge is -2.09. The van der Waals surface area contributed by atoms with Crippen molar-refractivity contribution in [3.8, 4) is 5.69 Å². The number of hydrogen-bond acceptors (Lipinski definition) is 3. The molecule has 0 unspecified atom stereocenters. The fourth-order valence-corrected chi connectivity index (χ4v) is 2.96. The third-order valence-electron chi connectivity index (χ3n) is 4.03. The van der Waals surface area contributed by atoms with Gasteiger partial charge in [-0.05, 0) is 43.3 Å². The third kappa shape index (κ3) is 2.46. The van der Waals surface area contributed by atoms with Gasteiger partial charge in [-0.1, -0.05) is 6.07 Å². The molecule has 6 heteroatoms. The standard InChI is InChI=1S/C18H16FN5/c1-2-23-16-7-4-9-20-18(16)22-17(23)12-15-8-10-21-24(15)14-6-3-5-13(19)11-14/h3-11H,2,12H2,1H3. The number of imidazole rings is 1. The average molecular weight is 321 g/mol. The first-order valence-electron chi connectivity index (χ1n) is 7.85. The molecule has 4 aromatic rings. The second-order valence-electron chi connectivity index (χ2n) is 5.51. The van der Waals surface area contributed by atoms with Crippen molar-refractivity contribution in [1.82, 2.24) is 24.3 Å². The molecule has 3 aromatic heterocycles. The zero-order valence-electron chi connectivity index (χ0n) is 13.2. The molecule has 1 aromatic carbocycles. The van der Waals surface area contributed by atoms with E-state index < -0.39 is 0 Å². The molecular weight excluding hydrogens is 305 g/mol. The SMILES string of the molecule is CCn1c(Cc2ccnn2-c2cccc(F)c2)nc2ncccc21. The van der Waals surface area contributed by atoms with Crippen LogP contribution in [0.15, 0.2) is 54.9 Å². The average Bonchev–Trinajstić information content (AvgIpc) is 3.19. The van der Waals surface area contributed by atoms with Gasteiger partial charge in [0.05, 0.1) is 16.9 Å². The number of aryl methyl sites for hydroxylation is 1. The molecule has 4 rings (SSSR count). The van der Waals surface area contributed by atoms with Crippen LogP contribution in [-0.4, -0.2) is 24.3 Å². The van der Waals surface area contributed by atoms with Crippen molar-refractivity contribution in [3.05, 3.63) is 72.2 Å². The molecule has 0 N–H and O–H groups in total. The van der Waals surface area contributed by atoms with E-state index in [1.54, 1.807) is 23.1 Å². The minimum Gasteiger partial charge on any atom is -0.327 e. The Morgan fingerprint density at radius 3 is 2.83 bits per heavy atom. The highest BCUT2D eigenvalue weighted by molar-refractivity contribution is 5.71. The van der Waals surface area contributed by atoms with E-state index in [2.05, 4.69) is 26.6 Å². The zero-order valence-corrected chi connectivity index (χ0v) is 13.2. The van der Waals surface area contributed by atoms with Crippen LogP contribution in [0.25, 0.3) is 16.9 Å². The molecule has 0 atom stereocenters. The van der Waals surface area contributed by atoms with Crippen LogP contribution in [0.3, 0.4) is 0 Å². The lowest BCUT2D eigenvalue weighted by atomic mass is 10.2. The number of nitrogens with zero attached hydrogens (tertiary/aromatic N) is 5. The van der Waals surface area contributed by atoms with E-state index in [0.717, 1.165) is 29.2 Å². The molecule has 0 radical (unpaired) electrons. The summed E-state index contributed by atoms with van der Waals surface area (Å²) in [4.78, 5) is 8.98. The molecule has 5 nitrogen and oxygen atoms in total. The number of rotatable bonds is 4. The van der Waals surface area contributed by atoms with E-state index in [1.165, 1.54) is 12.1 Å². The van der Waals surface area contributed by atoms with Gasteiger partial charge in [-0.3, -0.25) is 0 Å². The maximum absolute atomic E-state index is 13.5. The van der Waals surface area contributed by atoms with Gasteiger partial charge in [0.25, 0.3) is 0 Å². The van der Waals surface area contributed by atoms with Crippen LogP contribution in [0.1, 0.15) is 18.4 Å². The van der Waals surface area contributed by atoms with E-state index in [9.17, 15) is 4.39 Å². The van der Waals surface area contributed by atoms with E-state index in [-0.39, 0.29) is 5.82 Å². The number of pyridine rings is 1. The van der Waals surface area contributed by atoms with Crippen molar-refractivity contribution in [2.24, 2.45) is 0 Å². The van der Waals surface area contributed by atoms with Gasteiger partial charge in [-0.2, -0.15) is 5.10 Å². The summed E-state index contributed by atoms with van der Waals surface area (Å²) >= 11 is 0. The molecule has 0 saturated heterocycles. The van der Waals surface area contributed by atoms with Crippen LogP contribution in [0.5, 0.6) is 0 Å². The predicted molar refractivity (Wildman–Crippen MR) is 89.5 cm³/mol. The Balaban J connectivity index is 1.76. The van der Waals surface area contributed by atoms with Crippen LogP contribution in [0.4, 0.5) is 4.39 Å². The highest BCUT2D eigenvalue weighted by Gasteiger charge is 2.14. The molecule has 0 aliphatic heterocycles. The van der Waals surface area contributed by atoms with Gasteiger partial charge in [0, 0.05) is 25.4 Å². The van der Waals surface area contributed by atoms with Crippen LogP contribution in [-0.2, 0) is 13.0 Å².